The number of aromatic nitrogens is 2. The van der Waals surface area contributed by atoms with Crippen molar-refractivity contribution >= 4 is 10.9 Å². The molecule has 4 rings (SSSR count). The van der Waals surface area contributed by atoms with Gasteiger partial charge in [-0.1, -0.05) is 12.1 Å². The SMILES string of the molecule is Cc1c(COc2cc(OCCC3(O)CCOCC3)ccn2)[nH]c2ccccc2c1=O. The smallest absolute Gasteiger partial charge is 0.217 e. The van der Waals surface area contributed by atoms with Gasteiger partial charge < -0.3 is 24.3 Å². The lowest BCUT2D eigenvalue weighted by Crippen LogP contribution is -2.37. The van der Waals surface area contributed by atoms with Crippen molar-refractivity contribution < 1.29 is 19.3 Å². The Morgan fingerprint density at radius 3 is 2.83 bits per heavy atom. The van der Waals surface area contributed by atoms with E-state index in [1.807, 2.05) is 24.3 Å². The van der Waals surface area contributed by atoms with Gasteiger partial charge in [0.05, 0.1) is 17.9 Å². The van der Waals surface area contributed by atoms with Crippen LogP contribution in [0.25, 0.3) is 10.9 Å². The van der Waals surface area contributed by atoms with Crippen molar-refractivity contribution in [2.75, 3.05) is 19.8 Å². The Balaban J connectivity index is 1.38. The van der Waals surface area contributed by atoms with Crippen LogP contribution < -0.4 is 14.9 Å². The van der Waals surface area contributed by atoms with Gasteiger partial charge in [0.25, 0.3) is 0 Å². The molecule has 30 heavy (non-hydrogen) atoms. The van der Waals surface area contributed by atoms with Crippen molar-refractivity contribution in [1.82, 2.24) is 9.97 Å². The molecule has 3 heterocycles. The molecule has 1 aliphatic heterocycles. The maximum absolute atomic E-state index is 12.5. The molecule has 0 radical (unpaired) electrons. The minimum atomic E-state index is -0.718. The molecule has 0 saturated carbocycles. The van der Waals surface area contributed by atoms with Crippen molar-refractivity contribution in [3.8, 4) is 11.6 Å². The zero-order valence-electron chi connectivity index (χ0n) is 17.0. The average molecular weight is 410 g/mol. The highest BCUT2D eigenvalue weighted by atomic mass is 16.5. The molecule has 3 aromatic rings. The van der Waals surface area contributed by atoms with Gasteiger partial charge in [-0.25, -0.2) is 4.98 Å². The van der Waals surface area contributed by atoms with Crippen molar-refractivity contribution in [2.24, 2.45) is 0 Å². The van der Waals surface area contributed by atoms with Crippen LogP contribution >= 0.6 is 0 Å². The quantitative estimate of drug-likeness (QED) is 0.622. The highest BCUT2D eigenvalue weighted by molar-refractivity contribution is 5.79. The van der Waals surface area contributed by atoms with Crippen molar-refractivity contribution in [3.05, 3.63) is 64.1 Å². The van der Waals surface area contributed by atoms with Gasteiger partial charge in [0.1, 0.15) is 12.4 Å². The topological polar surface area (TPSA) is 93.7 Å². The van der Waals surface area contributed by atoms with E-state index in [1.54, 1.807) is 25.3 Å². The van der Waals surface area contributed by atoms with Crippen LogP contribution in [-0.4, -0.2) is 40.5 Å². The predicted molar refractivity (Wildman–Crippen MR) is 113 cm³/mol. The summed E-state index contributed by atoms with van der Waals surface area (Å²) in [5.41, 5.74) is 1.41. The Morgan fingerprint density at radius 2 is 2.00 bits per heavy atom. The molecule has 1 aromatic carbocycles. The van der Waals surface area contributed by atoms with E-state index < -0.39 is 5.60 Å². The van der Waals surface area contributed by atoms with Crippen LogP contribution in [0.5, 0.6) is 11.6 Å². The Morgan fingerprint density at radius 1 is 1.20 bits per heavy atom. The molecule has 0 spiro atoms. The number of rotatable bonds is 7. The second kappa shape index (κ2) is 8.85. The molecule has 0 amide bonds. The van der Waals surface area contributed by atoms with Gasteiger partial charge in [0, 0.05) is 48.4 Å². The number of hydrogen-bond acceptors (Lipinski definition) is 6. The first-order chi connectivity index (χ1) is 14.5. The fourth-order valence-corrected chi connectivity index (χ4v) is 3.60. The lowest BCUT2D eigenvalue weighted by atomic mass is 9.91. The molecule has 1 aliphatic rings. The van der Waals surface area contributed by atoms with Crippen LogP contribution in [0.1, 0.15) is 30.5 Å². The molecule has 0 unspecified atom stereocenters. The first kappa shape index (κ1) is 20.4. The zero-order chi connectivity index (χ0) is 21.0. The summed E-state index contributed by atoms with van der Waals surface area (Å²) in [5.74, 6) is 1.03. The van der Waals surface area contributed by atoms with Gasteiger partial charge in [-0.15, -0.1) is 0 Å². The maximum atomic E-state index is 12.5. The van der Waals surface area contributed by atoms with Crippen LogP contribution in [0.15, 0.2) is 47.4 Å². The summed E-state index contributed by atoms with van der Waals surface area (Å²) >= 11 is 0. The van der Waals surface area contributed by atoms with E-state index in [0.29, 0.717) is 67.4 Å². The van der Waals surface area contributed by atoms with Gasteiger partial charge in [-0.05, 0) is 38.0 Å². The number of H-pyrrole nitrogens is 1. The van der Waals surface area contributed by atoms with Crippen LogP contribution in [-0.2, 0) is 11.3 Å². The standard InChI is InChI=1S/C23H26N2O5/c1-16-20(25-19-5-3-2-4-18(19)22(16)26)15-30-21-14-17(6-10-24-21)29-13-9-23(27)7-11-28-12-8-23/h2-6,10,14,27H,7-9,11-13,15H2,1H3,(H,25,26). The maximum Gasteiger partial charge on any atom is 0.217 e. The number of nitrogens with one attached hydrogen (secondary N) is 1. The molecule has 7 heteroatoms. The summed E-state index contributed by atoms with van der Waals surface area (Å²) in [7, 11) is 0. The highest BCUT2D eigenvalue weighted by Crippen LogP contribution is 2.25. The Kier molecular flexibility index (Phi) is 6.01. The van der Waals surface area contributed by atoms with Crippen molar-refractivity contribution in [2.45, 2.75) is 38.4 Å². The largest absolute Gasteiger partial charge is 0.493 e. The number of benzene rings is 1. The number of para-hydroxylation sites is 1. The Labute approximate surface area is 174 Å². The minimum Gasteiger partial charge on any atom is -0.493 e. The van der Waals surface area contributed by atoms with Crippen LogP contribution in [0.2, 0.25) is 0 Å². The van der Waals surface area contributed by atoms with Gasteiger partial charge in [-0.2, -0.15) is 0 Å². The lowest BCUT2D eigenvalue weighted by molar-refractivity contribution is -0.0729. The van der Waals surface area contributed by atoms with Gasteiger partial charge in [0.2, 0.25) is 5.88 Å². The number of nitrogens with zero attached hydrogens (tertiary/aromatic N) is 1. The summed E-state index contributed by atoms with van der Waals surface area (Å²) in [6.07, 6.45) is 3.42. The number of pyridine rings is 2. The van der Waals surface area contributed by atoms with Gasteiger partial charge in [0.15, 0.2) is 5.43 Å². The molecular formula is C23H26N2O5. The number of fused-ring (bicyclic) bond motifs is 1. The predicted octanol–water partition coefficient (Wildman–Crippen LogP) is 3.12. The Hall–Kier alpha value is -2.90. The summed E-state index contributed by atoms with van der Waals surface area (Å²) in [6.45, 7) is 3.55. The van der Waals surface area contributed by atoms with E-state index in [4.69, 9.17) is 14.2 Å². The summed E-state index contributed by atoms with van der Waals surface area (Å²) in [5, 5.41) is 11.2. The van der Waals surface area contributed by atoms with E-state index in [1.165, 1.54) is 0 Å². The fourth-order valence-electron chi connectivity index (χ4n) is 3.60. The number of aliphatic hydroxyl groups is 1. The van der Waals surface area contributed by atoms with E-state index in [2.05, 4.69) is 9.97 Å². The fraction of sp³-hybridized carbons (Fsp3) is 0.391. The molecule has 1 saturated heterocycles. The number of aromatic amines is 1. The first-order valence-electron chi connectivity index (χ1n) is 10.2. The van der Waals surface area contributed by atoms with Crippen molar-refractivity contribution in [1.29, 1.82) is 0 Å². The number of ether oxygens (including phenoxy) is 3. The van der Waals surface area contributed by atoms with Crippen LogP contribution in [0.4, 0.5) is 0 Å². The Bertz CT molecular complexity index is 1070. The molecule has 0 bridgehead atoms. The molecular weight excluding hydrogens is 384 g/mol. The van der Waals surface area contributed by atoms with Gasteiger partial charge >= 0.3 is 0 Å². The molecule has 158 valence electrons. The van der Waals surface area contributed by atoms with Crippen molar-refractivity contribution in [3.63, 3.8) is 0 Å². The molecule has 2 N–H and O–H groups in total. The third-order valence-electron chi connectivity index (χ3n) is 5.58. The van der Waals surface area contributed by atoms with Gasteiger partial charge in [-0.3, -0.25) is 4.79 Å². The summed E-state index contributed by atoms with van der Waals surface area (Å²) < 4.78 is 16.9. The summed E-state index contributed by atoms with van der Waals surface area (Å²) in [4.78, 5) is 20.0. The normalized spacial score (nSPS) is 15.8. The molecule has 2 aromatic heterocycles. The second-order valence-corrected chi connectivity index (χ2v) is 7.66. The summed E-state index contributed by atoms with van der Waals surface area (Å²) in [6, 6.07) is 10.9. The van der Waals surface area contributed by atoms with Crippen LogP contribution in [0, 0.1) is 6.92 Å². The third-order valence-corrected chi connectivity index (χ3v) is 5.58. The molecule has 0 aliphatic carbocycles. The van der Waals surface area contributed by atoms with Crippen LogP contribution in [0.3, 0.4) is 0 Å². The monoisotopic (exact) mass is 410 g/mol. The first-order valence-corrected chi connectivity index (χ1v) is 10.2. The third kappa shape index (κ3) is 4.63. The zero-order valence-corrected chi connectivity index (χ0v) is 17.0. The highest BCUT2D eigenvalue weighted by Gasteiger charge is 2.29. The van der Waals surface area contributed by atoms with E-state index >= 15 is 0 Å². The average Bonchev–Trinajstić information content (AvgIpc) is 2.76. The second-order valence-electron chi connectivity index (χ2n) is 7.66. The van der Waals surface area contributed by atoms with E-state index in [9.17, 15) is 9.90 Å². The minimum absolute atomic E-state index is 0.000890. The molecule has 1 fully saturated rings. The number of hydrogen-bond donors (Lipinski definition) is 2. The molecule has 0 atom stereocenters. The van der Waals surface area contributed by atoms with E-state index in [-0.39, 0.29) is 12.0 Å². The van der Waals surface area contributed by atoms with E-state index in [0.717, 1.165) is 5.52 Å². The molecule has 7 nitrogen and oxygen atoms in total. The lowest BCUT2D eigenvalue weighted by Gasteiger charge is -2.31.